The first-order valence-corrected chi connectivity index (χ1v) is 8.32. The molecular weight excluding hydrogens is 292 g/mol. The van der Waals surface area contributed by atoms with Crippen LogP contribution in [0.3, 0.4) is 0 Å². The van der Waals surface area contributed by atoms with Crippen LogP contribution in [0.1, 0.15) is 39.5 Å². The topological polar surface area (TPSA) is 64.8 Å². The maximum absolute atomic E-state index is 12.2. The molecule has 1 aromatic rings. The highest BCUT2D eigenvalue weighted by atomic mass is 16.5. The second-order valence-electron chi connectivity index (χ2n) is 7.43. The van der Waals surface area contributed by atoms with Gasteiger partial charge in [-0.15, -0.1) is 0 Å². The van der Waals surface area contributed by atoms with E-state index in [1.807, 2.05) is 18.2 Å². The second-order valence-corrected chi connectivity index (χ2v) is 7.43. The van der Waals surface area contributed by atoms with Crippen LogP contribution in [0.4, 0.5) is 5.69 Å². The molecule has 1 fully saturated rings. The normalized spacial score (nSPS) is 24.6. The molecule has 5 nitrogen and oxygen atoms in total. The number of nitrogens with zero attached hydrogens (tertiary/aromatic N) is 1. The van der Waals surface area contributed by atoms with Crippen molar-refractivity contribution < 1.29 is 14.3 Å². The number of fused-ring (bicyclic) bond motifs is 1. The third-order valence-corrected chi connectivity index (χ3v) is 4.95. The van der Waals surface area contributed by atoms with Crippen LogP contribution in [0.2, 0.25) is 0 Å². The monoisotopic (exact) mass is 318 g/mol. The Kier molecular flexibility index (Phi) is 4.23. The van der Waals surface area contributed by atoms with Gasteiger partial charge in [0.2, 0.25) is 5.91 Å². The van der Waals surface area contributed by atoms with Gasteiger partial charge >= 0.3 is 0 Å². The lowest BCUT2D eigenvalue weighted by molar-refractivity contribution is -0.119. The lowest BCUT2D eigenvalue weighted by atomic mass is 9.76. The Bertz CT molecular complexity index is 590. The quantitative estimate of drug-likeness (QED) is 0.910. The van der Waals surface area contributed by atoms with E-state index in [1.54, 1.807) is 11.9 Å². The van der Waals surface area contributed by atoms with Gasteiger partial charge in [0.15, 0.2) is 0 Å². The van der Waals surface area contributed by atoms with Gasteiger partial charge in [-0.3, -0.25) is 4.79 Å². The van der Waals surface area contributed by atoms with Crippen molar-refractivity contribution >= 4 is 11.6 Å². The molecule has 0 aromatic heterocycles. The van der Waals surface area contributed by atoms with Crippen molar-refractivity contribution in [2.24, 2.45) is 11.1 Å². The lowest BCUT2D eigenvalue weighted by Crippen LogP contribution is -2.43. The summed E-state index contributed by atoms with van der Waals surface area (Å²) in [7, 11) is 1.72. The molecule has 126 valence electrons. The Hall–Kier alpha value is -1.75. The van der Waals surface area contributed by atoms with Crippen molar-refractivity contribution in [1.29, 1.82) is 0 Å². The number of benzene rings is 1. The molecule has 1 heterocycles. The summed E-state index contributed by atoms with van der Waals surface area (Å²) in [6, 6.07) is 5.02. The Balaban J connectivity index is 1.75. The summed E-state index contributed by atoms with van der Waals surface area (Å²) in [5.74, 6) is 1.32. The summed E-state index contributed by atoms with van der Waals surface area (Å²) in [6.45, 7) is 4.83. The standard InChI is InChI=1S/C18H26N2O3/c1-18(2)8-6-12(7-9-18)23-13-4-5-16-15(10-13)20(3)17(21)14(19)11-22-16/h4-5,10,12,14H,6-9,11,19H2,1-3H3/t14-/m0/s1. The maximum atomic E-state index is 12.2. The van der Waals surface area contributed by atoms with E-state index in [0.29, 0.717) is 11.2 Å². The molecule has 0 unspecified atom stereocenters. The van der Waals surface area contributed by atoms with Crippen molar-refractivity contribution in [3.63, 3.8) is 0 Å². The van der Waals surface area contributed by atoms with Gasteiger partial charge in [-0.1, -0.05) is 13.8 Å². The van der Waals surface area contributed by atoms with Crippen LogP contribution >= 0.6 is 0 Å². The first-order chi connectivity index (χ1) is 10.9. The zero-order valence-corrected chi connectivity index (χ0v) is 14.2. The van der Waals surface area contributed by atoms with Crippen molar-refractivity contribution in [3.05, 3.63) is 18.2 Å². The Morgan fingerprint density at radius 1 is 1.30 bits per heavy atom. The van der Waals surface area contributed by atoms with Gasteiger partial charge in [-0.05, 0) is 43.2 Å². The zero-order valence-electron chi connectivity index (χ0n) is 14.2. The van der Waals surface area contributed by atoms with Crippen LogP contribution in [0.5, 0.6) is 11.5 Å². The van der Waals surface area contributed by atoms with E-state index < -0.39 is 6.04 Å². The summed E-state index contributed by atoms with van der Waals surface area (Å²) in [5, 5.41) is 0. The van der Waals surface area contributed by atoms with Crippen LogP contribution in [-0.2, 0) is 4.79 Å². The minimum Gasteiger partial charge on any atom is -0.490 e. The number of anilines is 1. The number of carbonyl (C=O) groups is 1. The van der Waals surface area contributed by atoms with Crippen molar-refractivity contribution in [1.82, 2.24) is 0 Å². The molecule has 1 aromatic carbocycles. The highest BCUT2D eigenvalue weighted by Crippen LogP contribution is 2.38. The van der Waals surface area contributed by atoms with E-state index in [9.17, 15) is 4.79 Å². The smallest absolute Gasteiger partial charge is 0.247 e. The molecule has 2 aliphatic rings. The minimum absolute atomic E-state index is 0.139. The van der Waals surface area contributed by atoms with E-state index >= 15 is 0 Å². The highest BCUT2D eigenvalue weighted by Gasteiger charge is 2.29. The van der Waals surface area contributed by atoms with E-state index in [-0.39, 0.29) is 18.6 Å². The van der Waals surface area contributed by atoms with Crippen molar-refractivity contribution in [2.45, 2.75) is 51.7 Å². The SMILES string of the molecule is CN1C(=O)[C@@H](N)COc2ccc(OC3CCC(C)(C)CC3)cc21. The third-order valence-electron chi connectivity index (χ3n) is 4.95. The number of amides is 1. The fourth-order valence-electron chi connectivity index (χ4n) is 3.26. The molecule has 0 saturated heterocycles. The molecular formula is C18H26N2O3. The number of likely N-dealkylation sites (N-methyl/N-ethyl adjacent to an activating group) is 1. The third kappa shape index (κ3) is 3.44. The van der Waals surface area contributed by atoms with Gasteiger partial charge in [-0.25, -0.2) is 0 Å². The lowest BCUT2D eigenvalue weighted by Gasteiger charge is -2.34. The number of hydrogen-bond acceptors (Lipinski definition) is 4. The van der Waals surface area contributed by atoms with Gasteiger partial charge in [-0.2, -0.15) is 0 Å². The summed E-state index contributed by atoms with van der Waals surface area (Å²) in [5.41, 5.74) is 6.95. The Morgan fingerprint density at radius 2 is 2.00 bits per heavy atom. The van der Waals surface area contributed by atoms with Gasteiger partial charge in [0, 0.05) is 13.1 Å². The molecule has 0 bridgehead atoms. The first-order valence-electron chi connectivity index (χ1n) is 8.32. The summed E-state index contributed by atoms with van der Waals surface area (Å²) >= 11 is 0. The van der Waals surface area contributed by atoms with E-state index in [1.165, 1.54) is 12.8 Å². The molecule has 2 N–H and O–H groups in total. The van der Waals surface area contributed by atoms with Crippen LogP contribution < -0.4 is 20.1 Å². The molecule has 1 saturated carbocycles. The molecule has 0 spiro atoms. The van der Waals surface area contributed by atoms with Gasteiger partial charge in [0.25, 0.3) is 0 Å². The number of ether oxygens (including phenoxy) is 2. The average molecular weight is 318 g/mol. The maximum Gasteiger partial charge on any atom is 0.247 e. The highest BCUT2D eigenvalue weighted by molar-refractivity contribution is 5.98. The van der Waals surface area contributed by atoms with E-state index in [2.05, 4.69) is 13.8 Å². The predicted molar refractivity (Wildman–Crippen MR) is 90.0 cm³/mol. The molecule has 23 heavy (non-hydrogen) atoms. The van der Waals surface area contributed by atoms with Gasteiger partial charge < -0.3 is 20.1 Å². The fraction of sp³-hybridized carbons (Fsp3) is 0.611. The second kappa shape index (κ2) is 6.04. The van der Waals surface area contributed by atoms with Crippen molar-refractivity contribution in [2.75, 3.05) is 18.6 Å². The zero-order chi connectivity index (χ0) is 16.6. The summed E-state index contributed by atoms with van der Waals surface area (Å²) in [6.07, 6.45) is 4.74. The average Bonchev–Trinajstić information content (AvgIpc) is 2.62. The summed E-state index contributed by atoms with van der Waals surface area (Å²) in [4.78, 5) is 13.7. The fourth-order valence-corrected chi connectivity index (χ4v) is 3.26. The molecule has 1 amide bonds. The first kappa shape index (κ1) is 16.1. The van der Waals surface area contributed by atoms with Crippen LogP contribution in [0.15, 0.2) is 18.2 Å². The molecule has 1 aliphatic carbocycles. The van der Waals surface area contributed by atoms with Gasteiger partial charge in [0.05, 0.1) is 11.8 Å². The Morgan fingerprint density at radius 3 is 2.70 bits per heavy atom. The molecule has 5 heteroatoms. The summed E-state index contributed by atoms with van der Waals surface area (Å²) < 4.78 is 11.8. The van der Waals surface area contributed by atoms with Crippen molar-refractivity contribution in [3.8, 4) is 11.5 Å². The molecule has 3 rings (SSSR count). The Labute approximate surface area is 137 Å². The number of nitrogens with two attached hydrogens (primary N) is 1. The minimum atomic E-state index is -0.627. The number of carbonyl (C=O) groups excluding carboxylic acids is 1. The van der Waals surface area contributed by atoms with Crippen LogP contribution in [0, 0.1) is 5.41 Å². The molecule has 0 radical (unpaired) electrons. The predicted octanol–water partition coefficient (Wildman–Crippen LogP) is 2.72. The molecule has 1 atom stereocenters. The van der Waals surface area contributed by atoms with E-state index in [4.69, 9.17) is 15.2 Å². The van der Waals surface area contributed by atoms with Crippen LogP contribution in [0.25, 0.3) is 0 Å². The van der Waals surface area contributed by atoms with E-state index in [0.717, 1.165) is 24.3 Å². The number of hydrogen-bond donors (Lipinski definition) is 1. The van der Waals surface area contributed by atoms with Gasteiger partial charge in [0.1, 0.15) is 24.1 Å². The molecule has 1 aliphatic heterocycles. The van der Waals surface area contributed by atoms with Crippen LogP contribution in [-0.4, -0.2) is 31.7 Å². The number of rotatable bonds is 2. The largest absolute Gasteiger partial charge is 0.490 e.